The van der Waals surface area contributed by atoms with Crippen molar-refractivity contribution >= 4 is 23.5 Å². The predicted octanol–water partition coefficient (Wildman–Crippen LogP) is 3.02. The van der Waals surface area contributed by atoms with Gasteiger partial charge >= 0.3 is 6.18 Å². The molecule has 4 rings (SSSR count). The van der Waals surface area contributed by atoms with Crippen LogP contribution in [0.5, 0.6) is 0 Å². The highest BCUT2D eigenvalue weighted by Crippen LogP contribution is 2.32. The zero-order chi connectivity index (χ0) is 21.3. The second kappa shape index (κ2) is 8.46. The lowest BCUT2D eigenvalue weighted by Gasteiger charge is -2.33. The number of hydrogen-bond acceptors (Lipinski definition) is 7. The molecule has 0 spiro atoms. The number of furan rings is 1. The summed E-state index contributed by atoms with van der Waals surface area (Å²) in [5, 5.41) is 2.86. The van der Waals surface area contributed by atoms with Crippen molar-refractivity contribution in [3.8, 4) is 0 Å². The average molecular weight is 441 g/mol. The van der Waals surface area contributed by atoms with Crippen LogP contribution in [0.3, 0.4) is 0 Å². The number of carbonyl (C=O) groups is 1. The first-order valence-corrected chi connectivity index (χ1v) is 10.7. The SMILES string of the molecule is CN1CCN(c2cc(C(F)(F)F)nc(SCc3ccc(C(=O)NC4CC4)o3)n2)CC1. The first-order chi connectivity index (χ1) is 14.3. The minimum absolute atomic E-state index is 0.0270. The number of alkyl halides is 3. The van der Waals surface area contributed by atoms with Crippen LogP contribution in [0.2, 0.25) is 0 Å². The van der Waals surface area contributed by atoms with Gasteiger partial charge in [0, 0.05) is 38.3 Å². The smallest absolute Gasteiger partial charge is 0.433 e. The van der Waals surface area contributed by atoms with Crippen molar-refractivity contribution in [2.75, 3.05) is 38.1 Å². The van der Waals surface area contributed by atoms with Crippen LogP contribution in [0, 0.1) is 0 Å². The highest BCUT2D eigenvalue weighted by Gasteiger charge is 2.34. The quantitative estimate of drug-likeness (QED) is 0.546. The number of likely N-dealkylation sites (N-methyl/N-ethyl adjacent to an activating group) is 1. The highest BCUT2D eigenvalue weighted by molar-refractivity contribution is 7.98. The maximum absolute atomic E-state index is 13.4. The van der Waals surface area contributed by atoms with E-state index < -0.39 is 11.9 Å². The Bertz CT molecular complexity index is 908. The molecular formula is C19H22F3N5O2S. The molecule has 2 aliphatic rings. The van der Waals surface area contributed by atoms with Gasteiger partial charge in [-0.05, 0) is 32.0 Å². The summed E-state index contributed by atoms with van der Waals surface area (Å²) >= 11 is 1.05. The van der Waals surface area contributed by atoms with Gasteiger partial charge in [-0.3, -0.25) is 4.79 Å². The minimum atomic E-state index is -4.56. The molecule has 1 amide bonds. The summed E-state index contributed by atoms with van der Waals surface area (Å²) in [5.74, 6) is 0.891. The number of thioether (sulfide) groups is 1. The zero-order valence-corrected chi connectivity index (χ0v) is 17.2. The van der Waals surface area contributed by atoms with Gasteiger partial charge in [0.15, 0.2) is 16.6 Å². The molecule has 1 N–H and O–H groups in total. The Morgan fingerprint density at radius 1 is 1.23 bits per heavy atom. The molecule has 3 heterocycles. The molecule has 0 aromatic carbocycles. The third kappa shape index (κ3) is 5.25. The van der Waals surface area contributed by atoms with Crippen molar-refractivity contribution in [1.29, 1.82) is 0 Å². The Labute approximate surface area is 176 Å². The Kier molecular flexibility index (Phi) is 5.92. The van der Waals surface area contributed by atoms with Crippen LogP contribution in [-0.2, 0) is 11.9 Å². The van der Waals surface area contributed by atoms with Crippen molar-refractivity contribution in [2.45, 2.75) is 36.0 Å². The number of rotatable bonds is 6. The lowest BCUT2D eigenvalue weighted by atomic mass is 10.3. The van der Waals surface area contributed by atoms with Crippen LogP contribution in [0.4, 0.5) is 19.0 Å². The van der Waals surface area contributed by atoms with Gasteiger partial charge in [0.05, 0.1) is 5.75 Å². The third-order valence-electron chi connectivity index (χ3n) is 4.95. The van der Waals surface area contributed by atoms with Gasteiger partial charge in [0.25, 0.3) is 5.91 Å². The van der Waals surface area contributed by atoms with E-state index in [0.29, 0.717) is 18.8 Å². The number of aromatic nitrogens is 2. The monoisotopic (exact) mass is 441 g/mol. The molecule has 1 saturated heterocycles. The van der Waals surface area contributed by atoms with Crippen LogP contribution in [0.15, 0.2) is 27.8 Å². The molecule has 2 aromatic rings. The third-order valence-corrected chi connectivity index (χ3v) is 5.82. The van der Waals surface area contributed by atoms with Gasteiger partial charge in [0.1, 0.15) is 11.6 Å². The van der Waals surface area contributed by atoms with Crippen molar-refractivity contribution in [2.24, 2.45) is 0 Å². The fraction of sp³-hybridized carbons (Fsp3) is 0.526. The van der Waals surface area contributed by atoms with Crippen LogP contribution in [0.1, 0.15) is 34.9 Å². The normalized spacial score (nSPS) is 17.9. The summed E-state index contributed by atoms with van der Waals surface area (Å²) in [6, 6.07) is 4.43. The van der Waals surface area contributed by atoms with Crippen molar-refractivity contribution < 1.29 is 22.4 Å². The predicted molar refractivity (Wildman–Crippen MR) is 106 cm³/mol. The average Bonchev–Trinajstić information content (AvgIpc) is 3.39. The standard InChI is InChI=1S/C19H22F3N5O2S/c1-26-6-8-27(9-7-26)16-10-15(19(20,21)22)24-18(25-16)30-11-13-4-5-14(29-13)17(28)23-12-2-3-12/h4-5,10,12H,2-3,6-9,11H2,1H3,(H,23,28). The summed E-state index contributed by atoms with van der Waals surface area (Å²) in [6.45, 7) is 2.72. The second-order valence-corrected chi connectivity index (χ2v) is 8.43. The maximum atomic E-state index is 13.4. The number of carbonyl (C=O) groups excluding carboxylic acids is 1. The molecule has 1 aliphatic heterocycles. The highest BCUT2D eigenvalue weighted by atomic mass is 32.2. The van der Waals surface area contributed by atoms with E-state index in [1.807, 2.05) is 11.9 Å². The van der Waals surface area contributed by atoms with Crippen molar-refractivity contribution in [1.82, 2.24) is 20.2 Å². The fourth-order valence-corrected chi connectivity index (χ4v) is 3.77. The summed E-state index contributed by atoms with van der Waals surface area (Å²) < 4.78 is 45.6. The van der Waals surface area contributed by atoms with Crippen molar-refractivity contribution in [3.63, 3.8) is 0 Å². The van der Waals surface area contributed by atoms with E-state index in [4.69, 9.17) is 4.42 Å². The molecule has 1 aliphatic carbocycles. The molecule has 2 aromatic heterocycles. The number of hydrogen-bond donors (Lipinski definition) is 1. The zero-order valence-electron chi connectivity index (χ0n) is 16.4. The second-order valence-electron chi connectivity index (χ2n) is 7.48. The summed E-state index contributed by atoms with van der Waals surface area (Å²) in [7, 11) is 1.97. The van der Waals surface area contributed by atoms with E-state index in [1.165, 1.54) is 0 Å². The van der Waals surface area contributed by atoms with Gasteiger partial charge in [-0.2, -0.15) is 13.2 Å². The molecule has 7 nitrogen and oxygen atoms in total. The van der Waals surface area contributed by atoms with E-state index in [2.05, 4.69) is 20.2 Å². The molecule has 0 radical (unpaired) electrons. The molecule has 1 saturated carbocycles. The van der Waals surface area contributed by atoms with Gasteiger partial charge in [-0.15, -0.1) is 0 Å². The van der Waals surface area contributed by atoms with E-state index in [9.17, 15) is 18.0 Å². The number of piperazine rings is 1. The number of amides is 1. The fourth-order valence-electron chi connectivity index (χ4n) is 3.02. The Morgan fingerprint density at radius 3 is 2.63 bits per heavy atom. The molecular weight excluding hydrogens is 419 g/mol. The van der Waals surface area contributed by atoms with Gasteiger partial charge < -0.3 is 19.5 Å². The Hall–Kier alpha value is -2.27. The molecule has 11 heteroatoms. The van der Waals surface area contributed by atoms with E-state index in [1.54, 1.807) is 12.1 Å². The van der Waals surface area contributed by atoms with Gasteiger partial charge in [-0.25, -0.2) is 9.97 Å². The molecule has 30 heavy (non-hydrogen) atoms. The van der Waals surface area contributed by atoms with Crippen LogP contribution in [-0.4, -0.2) is 60.0 Å². The summed E-state index contributed by atoms with van der Waals surface area (Å²) in [5.41, 5.74) is -0.960. The van der Waals surface area contributed by atoms with Crippen LogP contribution < -0.4 is 10.2 Å². The molecule has 162 valence electrons. The largest absolute Gasteiger partial charge is 0.455 e. The number of nitrogens with zero attached hydrogens (tertiary/aromatic N) is 4. The number of nitrogens with one attached hydrogen (secondary N) is 1. The van der Waals surface area contributed by atoms with Crippen LogP contribution >= 0.6 is 11.8 Å². The Balaban J connectivity index is 1.47. The lowest BCUT2D eigenvalue weighted by molar-refractivity contribution is -0.141. The van der Waals surface area contributed by atoms with E-state index in [-0.39, 0.29) is 34.4 Å². The van der Waals surface area contributed by atoms with Gasteiger partial charge in [-0.1, -0.05) is 11.8 Å². The first-order valence-electron chi connectivity index (χ1n) is 9.70. The number of halogens is 3. The first kappa shape index (κ1) is 21.0. The number of anilines is 1. The molecule has 0 unspecified atom stereocenters. The van der Waals surface area contributed by atoms with Gasteiger partial charge in [0.2, 0.25) is 0 Å². The Morgan fingerprint density at radius 2 is 1.97 bits per heavy atom. The van der Waals surface area contributed by atoms with E-state index in [0.717, 1.165) is 43.8 Å². The summed E-state index contributed by atoms with van der Waals surface area (Å²) in [6.07, 6.45) is -2.62. The molecule has 0 bridgehead atoms. The summed E-state index contributed by atoms with van der Waals surface area (Å²) in [4.78, 5) is 24.0. The topological polar surface area (TPSA) is 74.5 Å². The maximum Gasteiger partial charge on any atom is 0.433 e. The van der Waals surface area contributed by atoms with E-state index >= 15 is 0 Å². The van der Waals surface area contributed by atoms with Crippen molar-refractivity contribution in [3.05, 3.63) is 35.4 Å². The molecule has 0 atom stereocenters. The van der Waals surface area contributed by atoms with Crippen LogP contribution in [0.25, 0.3) is 0 Å². The molecule has 2 fully saturated rings. The lowest BCUT2D eigenvalue weighted by Crippen LogP contribution is -2.45. The minimum Gasteiger partial charge on any atom is -0.455 e.